The fourth-order valence-electron chi connectivity index (χ4n) is 3.61. The van der Waals surface area contributed by atoms with Crippen molar-refractivity contribution in [1.82, 2.24) is 18.9 Å². The Hall–Kier alpha value is -2.59. The highest BCUT2D eigenvalue weighted by atomic mass is 15.2. The van der Waals surface area contributed by atoms with Crippen molar-refractivity contribution in [3.05, 3.63) is 60.3 Å². The SMILES string of the molecule is CCN(CC)CCn1c(-c2ccc(C)cc2)cn2c3ccccc3nc12. The van der Waals surface area contributed by atoms with Crippen LogP contribution >= 0.6 is 0 Å². The highest BCUT2D eigenvalue weighted by Crippen LogP contribution is 2.27. The molecule has 2 aromatic carbocycles. The molecule has 26 heavy (non-hydrogen) atoms. The third-order valence-corrected chi connectivity index (χ3v) is 5.24. The van der Waals surface area contributed by atoms with E-state index in [9.17, 15) is 0 Å². The molecule has 4 aromatic rings. The van der Waals surface area contributed by atoms with Crippen LogP contribution in [0, 0.1) is 6.92 Å². The van der Waals surface area contributed by atoms with Gasteiger partial charge in [-0.05, 0) is 37.7 Å². The molecule has 2 heterocycles. The summed E-state index contributed by atoms with van der Waals surface area (Å²) in [5, 5.41) is 0. The van der Waals surface area contributed by atoms with Gasteiger partial charge in [-0.15, -0.1) is 0 Å². The summed E-state index contributed by atoms with van der Waals surface area (Å²) < 4.78 is 4.59. The van der Waals surface area contributed by atoms with Crippen molar-refractivity contribution in [3.63, 3.8) is 0 Å². The summed E-state index contributed by atoms with van der Waals surface area (Å²) in [6, 6.07) is 17.1. The third-order valence-electron chi connectivity index (χ3n) is 5.24. The molecule has 0 amide bonds. The van der Waals surface area contributed by atoms with Crippen molar-refractivity contribution in [2.45, 2.75) is 27.3 Å². The van der Waals surface area contributed by atoms with Gasteiger partial charge in [0.2, 0.25) is 5.78 Å². The molecule has 0 N–H and O–H groups in total. The second-order valence-corrected chi connectivity index (χ2v) is 6.83. The van der Waals surface area contributed by atoms with Gasteiger partial charge in [-0.2, -0.15) is 0 Å². The number of para-hydroxylation sites is 2. The first-order valence-electron chi connectivity index (χ1n) is 9.47. The average molecular weight is 346 g/mol. The maximum atomic E-state index is 4.92. The maximum absolute atomic E-state index is 4.92. The Morgan fingerprint density at radius 2 is 1.69 bits per heavy atom. The minimum atomic E-state index is 0.935. The summed E-state index contributed by atoms with van der Waals surface area (Å²) in [4.78, 5) is 7.37. The van der Waals surface area contributed by atoms with E-state index in [1.54, 1.807) is 0 Å². The molecule has 0 aliphatic rings. The number of fused-ring (bicyclic) bond motifs is 3. The first-order valence-corrected chi connectivity index (χ1v) is 9.47. The van der Waals surface area contributed by atoms with Gasteiger partial charge < -0.3 is 9.47 Å². The second kappa shape index (κ2) is 6.96. The first kappa shape index (κ1) is 16.9. The summed E-state index contributed by atoms with van der Waals surface area (Å²) >= 11 is 0. The van der Waals surface area contributed by atoms with Crippen LogP contribution in [0.1, 0.15) is 19.4 Å². The lowest BCUT2D eigenvalue weighted by molar-refractivity contribution is 0.292. The maximum Gasteiger partial charge on any atom is 0.215 e. The lowest BCUT2D eigenvalue weighted by Gasteiger charge is -2.19. The lowest BCUT2D eigenvalue weighted by atomic mass is 10.1. The number of benzene rings is 2. The van der Waals surface area contributed by atoms with Crippen molar-refractivity contribution in [1.29, 1.82) is 0 Å². The fourth-order valence-corrected chi connectivity index (χ4v) is 3.61. The van der Waals surface area contributed by atoms with E-state index in [-0.39, 0.29) is 0 Å². The predicted molar refractivity (Wildman–Crippen MR) is 109 cm³/mol. The number of hydrogen-bond donors (Lipinski definition) is 0. The highest BCUT2D eigenvalue weighted by Gasteiger charge is 2.15. The van der Waals surface area contributed by atoms with Crippen LogP contribution in [0.3, 0.4) is 0 Å². The second-order valence-electron chi connectivity index (χ2n) is 6.83. The zero-order chi connectivity index (χ0) is 18.1. The monoisotopic (exact) mass is 346 g/mol. The summed E-state index contributed by atoms with van der Waals surface area (Å²) in [5.74, 6) is 1.02. The number of imidazole rings is 2. The van der Waals surface area contributed by atoms with E-state index in [1.807, 2.05) is 0 Å². The predicted octanol–water partition coefficient (Wildman–Crippen LogP) is 4.61. The van der Waals surface area contributed by atoms with Gasteiger partial charge in [0.1, 0.15) is 0 Å². The van der Waals surface area contributed by atoms with Gasteiger partial charge in [0.15, 0.2) is 0 Å². The fraction of sp³-hybridized carbons (Fsp3) is 0.318. The molecule has 2 aromatic heterocycles. The minimum absolute atomic E-state index is 0.935. The van der Waals surface area contributed by atoms with Crippen molar-refractivity contribution < 1.29 is 0 Å². The molecule has 0 unspecified atom stereocenters. The molecule has 0 aliphatic carbocycles. The van der Waals surface area contributed by atoms with E-state index in [0.717, 1.165) is 43.0 Å². The van der Waals surface area contributed by atoms with Crippen LogP contribution in [-0.2, 0) is 6.54 Å². The molecular weight excluding hydrogens is 320 g/mol. The normalized spacial score (nSPS) is 11.8. The minimum Gasteiger partial charge on any atom is -0.308 e. The summed E-state index contributed by atoms with van der Waals surface area (Å²) in [5.41, 5.74) is 5.97. The molecular formula is C22H26N4. The molecule has 0 radical (unpaired) electrons. The summed E-state index contributed by atoms with van der Waals surface area (Å²) in [6.07, 6.45) is 2.23. The zero-order valence-corrected chi connectivity index (χ0v) is 15.8. The number of likely N-dealkylation sites (N-methyl/N-ethyl adjacent to an activating group) is 1. The van der Waals surface area contributed by atoms with Crippen molar-refractivity contribution in [2.24, 2.45) is 0 Å². The summed E-state index contributed by atoms with van der Waals surface area (Å²) in [7, 11) is 0. The molecule has 134 valence electrons. The lowest BCUT2D eigenvalue weighted by Crippen LogP contribution is -2.27. The smallest absolute Gasteiger partial charge is 0.215 e. The van der Waals surface area contributed by atoms with Crippen LogP contribution < -0.4 is 0 Å². The first-order chi connectivity index (χ1) is 12.7. The highest BCUT2D eigenvalue weighted by molar-refractivity contribution is 5.81. The molecule has 0 saturated carbocycles. The van der Waals surface area contributed by atoms with Gasteiger partial charge in [0.25, 0.3) is 0 Å². The Labute approximate surface area is 154 Å². The standard InChI is InChI=1S/C22H26N4/c1-4-24(5-2)14-15-25-21(18-12-10-17(3)11-13-18)16-26-20-9-7-6-8-19(20)23-22(25)26/h6-13,16H,4-5,14-15H2,1-3H3. The number of hydrogen-bond acceptors (Lipinski definition) is 2. The van der Waals surface area contributed by atoms with Gasteiger partial charge in [-0.3, -0.25) is 4.40 Å². The van der Waals surface area contributed by atoms with Crippen LogP contribution in [-0.4, -0.2) is 38.5 Å². The quantitative estimate of drug-likeness (QED) is 0.509. The number of aryl methyl sites for hydroxylation is 1. The van der Waals surface area contributed by atoms with Crippen LogP contribution in [0.4, 0.5) is 0 Å². The average Bonchev–Trinajstić information content (AvgIpc) is 3.20. The zero-order valence-electron chi connectivity index (χ0n) is 15.8. The van der Waals surface area contributed by atoms with E-state index in [4.69, 9.17) is 4.98 Å². The summed E-state index contributed by atoms with van der Waals surface area (Å²) in [6.45, 7) is 10.7. The number of aromatic nitrogens is 3. The van der Waals surface area contributed by atoms with Crippen molar-refractivity contribution >= 4 is 16.8 Å². The van der Waals surface area contributed by atoms with E-state index < -0.39 is 0 Å². The van der Waals surface area contributed by atoms with Gasteiger partial charge in [0, 0.05) is 19.3 Å². The molecule has 0 atom stereocenters. The van der Waals surface area contributed by atoms with Crippen LogP contribution in [0.2, 0.25) is 0 Å². The Balaban J connectivity index is 1.85. The van der Waals surface area contributed by atoms with Crippen LogP contribution in [0.25, 0.3) is 28.1 Å². The molecule has 0 bridgehead atoms. The van der Waals surface area contributed by atoms with Gasteiger partial charge in [-0.1, -0.05) is 55.8 Å². The number of nitrogens with zero attached hydrogens (tertiary/aromatic N) is 4. The molecule has 0 spiro atoms. The van der Waals surface area contributed by atoms with Crippen LogP contribution in [0.5, 0.6) is 0 Å². The topological polar surface area (TPSA) is 25.5 Å². The van der Waals surface area contributed by atoms with Gasteiger partial charge in [-0.25, -0.2) is 4.98 Å². The Kier molecular flexibility index (Phi) is 4.51. The van der Waals surface area contributed by atoms with E-state index >= 15 is 0 Å². The third kappa shape index (κ3) is 2.90. The molecule has 4 nitrogen and oxygen atoms in total. The largest absolute Gasteiger partial charge is 0.308 e. The van der Waals surface area contributed by atoms with Crippen LogP contribution in [0.15, 0.2) is 54.7 Å². The van der Waals surface area contributed by atoms with Gasteiger partial charge in [0.05, 0.1) is 16.7 Å². The van der Waals surface area contributed by atoms with E-state index in [2.05, 4.69) is 89.4 Å². The molecule has 4 rings (SSSR count). The van der Waals surface area contributed by atoms with Crippen molar-refractivity contribution in [2.75, 3.05) is 19.6 Å². The Bertz CT molecular complexity index is 1020. The number of rotatable bonds is 6. The van der Waals surface area contributed by atoms with E-state index in [1.165, 1.54) is 16.8 Å². The Morgan fingerprint density at radius 1 is 0.962 bits per heavy atom. The molecule has 0 saturated heterocycles. The van der Waals surface area contributed by atoms with Crippen molar-refractivity contribution in [3.8, 4) is 11.3 Å². The molecule has 4 heteroatoms. The van der Waals surface area contributed by atoms with Gasteiger partial charge >= 0.3 is 0 Å². The molecule has 0 fully saturated rings. The molecule has 0 aliphatic heterocycles. The Morgan fingerprint density at radius 3 is 2.42 bits per heavy atom. The van der Waals surface area contributed by atoms with E-state index in [0.29, 0.717) is 0 Å².